The van der Waals surface area contributed by atoms with Gasteiger partial charge < -0.3 is 10.3 Å². The summed E-state index contributed by atoms with van der Waals surface area (Å²) in [5.74, 6) is 0.876. The first-order valence-electron chi connectivity index (χ1n) is 7.51. The van der Waals surface area contributed by atoms with Gasteiger partial charge in [0.2, 0.25) is 5.88 Å². The van der Waals surface area contributed by atoms with Crippen LogP contribution in [0.5, 0.6) is 0 Å². The third-order valence-corrected chi connectivity index (χ3v) is 4.19. The second-order valence-electron chi connectivity index (χ2n) is 5.59. The van der Waals surface area contributed by atoms with Crippen molar-refractivity contribution in [2.45, 2.75) is 50.9 Å². The maximum Gasteiger partial charge on any atom is 0.230 e. The van der Waals surface area contributed by atoms with Crippen LogP contribution in [0.2, 0.25) is 0 Å². The summed E-state index contributed by atoms with van der Waals surface area (Å²) in [7, 11) is 0. The number of aromatic nitrogens is 2. The molecule has 2 aromatic heterocycles. The van der Waals surface area contributed by atoms with Gasteiger partial charge >= 0.3 is 0 Å². The summed E-state index contributed by atoms with van der Waals surface area (Å²) >= 11 is 0. The van der Waals surface area contributed by atoms with E-state index in [1.165, 1.54) is 44.9 Å². The van der Waals surface area contributed by atoms with Gasteiger partial charge in [0.25, 0.3) is 0 Å². The van der Waals surface area contributed by atoms with Gasteiger partial charge in [-0.15, -0.1) is 0 Å². The lowest BCUT2D eigenvalue weighted by Crippen LogP contribution is -2.04. The molecular formula is C16H21N3O. The third kappa shape index (κ3) is 2.69. The molecular weight excluding hydrogens is 250 g/mol. The van der Waals surface area contributed by atoms with Crippen LogP contribution in [0.3, 0.4) is 0 Å². The van der Waals surface area contributed by atoms with Crippen LogP contribution < -0.4 is 5.73 Å². The highest BCUT2D eigenvalue weighted by molar-refractivity contribution is 5.74. The second kappa shape index (κ2) is 6.07. The van der Waals surface area contributed by atoms with Crippen LogP contribution in [0, 0.1) is 0 Å². The Morgan fingerprint density at radius 1 is 1.10 bits per heavy atom. The number of anilines is 1. The molecule has 2 heterocycles. The zero-order valence-electron chi connectivity index (χ0n) is 11.7. The van der Waals surface area contributed by atoms with E-state index in [-0.39, 0.29) is 0 Å². The molecule has 0 unspecified atom stereocenters. The first kappa shape index (κ1) is 13.2. The second-order valence-corrected chi connectivity index (χ2v) is 5.59. The largest absolute Gasteiger partial charge is 0.367 e. The van der Waals surface area contributed by atoms with Crippen LogP contribution in [-0.4, -0.2) is 10.1 Å². The lowest BCUT2D eigenvalue weighted by Gasteiger charge is -2.18. The summed E-state index contributed by atoms with van der Waals surface area (Å²) in [6.45, 7) is 0. The smallest absolute Gasteiger partial charge is 0.230 e. The van der Waals surface area contributed by atoms with Crippen LogP contribution >= 0.6 is 0 Å². The minimum absolute atomic E-state index is 0.412. The van der Waals surface area contributed by atoms with Gasteiger partial charge in [-0.3, -0.25) is 4.98 Å². The topological polar surface area (TPSA) is 64.9 Å². The first-order chi connectivity index (χ1) is 9.86. The van der Waals surface area contributed by atoms with Gasteiger partial charge in [0.05, 0.1) is 11.3 Å². The van der Waals surface area contributed by atoms with Gasteiger partial charge in [-0.2, -0.15) is 0 Å². The molecule has 0 aromatic carbocycles. The Hall–Kier alpha value is -1.84. The Bertz CT molecular complexity index is 542. The number of rotatable bonds is 2. The Labute approximate surface area is 119 Å². The zero-order valence-corrected chi connectivity index (χ0v) is 11.7. The van der Waals surface area contributed by atoms with Crippen LogP contribution in [-0.2, 0) is 0 Å². The minimum atomic E-state index is 0.412. The number of nitrogen functional groups attached to an aromatic ring is 1. The molecule has 1 aliphatic carbocycles. The molecule has 0 radical (unpaired) electrons. The molecule has 4 heteroatoms. The van der Waals surface area contributed by atoms with E-state index in [0.717, 1.165) is 16.8 Å². The normalized spacial score (nSPS) is 17.6. The molecule has 0 bridgehead atoms. The summed E-state index contributed by atoms with van der Waals surface area (Å²) < 4.78 is 5.28. The van der Waals surface area contributed by atoms with Gasteiger partial charge in [0.15, 0.2) is 0 Å². The van der Waals surface area contributed by atoms with E-state index in [4.69, 9.17) is 10.3 Å². The van der Waals surface area contributed by atoms with Crippen molar-refractivity contribution in [3.8, 4) is 11.1 Å². The van der Waals surface area contributed by atoms with Gasteiger partial charge in [0.1, 0.15) is 0 Å². The van der Waals surface area contributed by atoms with E-state index >= 15 is 0 Å². The van der Waals surface area contributed by atoms with Crippen LogP contribution in [0.1, 0.15) is 56.6 Å². The van der Waals surface area contributed by atoms with Crippen LogP contribution in [0.4, 0.5) is 5.88 Å². The Balaban J connectivity index is 1.93. The lowest BCUT2D eigenvalue weighted by atomic mass is 9.86. The molecule has 20 heavy (non-hydrogen) atoms. The van der Waals surface area contributed by atoms with Crippen molar-refractivity contribution < 1.29 is 4.52 Å². The maximum absolute atomic E-state index is 5.99. The van der Waals surface area contributed by atoms with Crippen molar-refractivity contribution in [1.29, 1.82) is 0 Å². The summed E-state index contributed by atoms with van der Waals surface area (Å²) in [6, 6.07) is 3.94. The van der Waals surface area contributed by atoms with E-state index in [1.807, 2.05) is 18.3 Å². The fourth-order valence-corrected chi connectivity index (χ4v) is 3.12. The number of hydrogen-bond acceptors (Lipinski definition) is 4. The molecule has 1 saturated carbocycles. The molecule has 0 aliphatic heterocycles. The van der Waals surface area contributed by atoms with Gasteiger partial charge in [-0.05, 0) is 18.9 Å². The van der Waals surface area contributed by atoms with Crippen molar-refractivity contribution in [3.05, 3.63) is 30.2 Å². The van der Waals surface area contributed by atoms with Gasteiger partial charge in [-0.25, -0.2) is 0 Å². The average Bonchev–Trinajstić information content (AvgIpc) is 2.81. The molecule has 106 valence electrons. The predicted octanol–water partition coefficient (Wildman–Crippen LogP) is 4.15. The summed E-state index contributed by atoms with van der Waals surface area (Å²) in [4.78, 5) is 4.18. The SMILES string of the molecule is Nc1onc(C2CCCCCCC2)c1-c1cccnc1. The van der Waals surface area contributed by atoms with Crippen LogP contribution in [0.25, 0.3) is 11.1 Å². The highest BCUT2D eigenvalue weighted by Crippen LogP contribution is 2.38. The van der Waals surface area contributed by atoms with E-state index in [9.17, 15) is 0 Å². The molecule has 1 fully saturated rings. The molecule has 4 nitrogen and oxygen atoms in total. The Morgan fingerprint density at radius 3 is 2.55 bits per heavy atom. The van der Waals surface area contributed by atoms with E-state index in [0.29, 0.717) is 11.8 Å². The molecule has 2 aromatic rings. The Kier molecular flexibility index (Phi) is 4.00. The third-order valence-electron chi connectivity index (χ3n) is 4.19. The number of pyridine rings is 1. The highest BCUT2D eigenvalue weighted by Gasteiger charge is 2.24. The molecule has 0 amide bonds. The average molecular weight is 271 g/mol. The fraction of sp³-hybridized carbons (Fsp3) is 0.500. The van der Waals surface area contributed by atoms with Crippen molar-refractivity contribution in [2.24, 2.45) is 0 Å². The standard InChI is InChI=1S/C16H21N3O/c17-16-14(13-9-6-10-18-11-13)15(19-20-16)12-7-4-2-1-3-5-8-12/h6,9-12H,1-5,7-8,17H2. The van der Waals surface area contributed by atoms with Crippen LogP contribution in [0.15, 0.2) is 29.0 Å². The summed E-state index contributed by atoms with van der Waals surface area (Å²) in [5.41, 5.74) is 8.97. The lowest BCUT2D eigenvalue weighted by molar-refractivity contribution is 0.395. The highest BCUT2D eigenvalue weighted by atomic mass is 16.5. The van der Waals surface area contributed by atoms with Crippen molar-refractivity contribution in [3.63, 3.8) is 0 Å². The quantitative estimate of drug-likeness (QED) is 0.891. The van der Waals surface area contributed by atoms with Crippen molar-refractivity contribution in [1.82, 2.24) is 10.1 Å². The van der Waals surface area contributed by atoms with E-state index < -0.39 is 0 Å². The van der Waals surface area contributed by atoms with Crippen molar-refractivity contribution in [2.75, 3.05) is 5.73 Å². The maximum atomic E-state index is 5.99. The molecule has 0 atom stereocenters. The van der Waals surface area contributed by atoms with Gasteiger partial charge in [0, 0.05) is 23.9 Å². The zero-order chi connectivity index (χ0) is 13.8. The Morgan fingerprint density at radius 2 is 1.85 bits per heavy atom. The summed E-state index contributed by atoms with van der Waals surface area (Å²) in [6.07, 6.45) is 12.5. The predicted molar refractivity (Wildman–Crippen MR) is 79.2 cm³/mol. The van der Waals surface area contributed by atoms with Gasteiger partial charge in [-0.1, -0.05) is 43.3 Å². The molecule has 0 spiro atoms. The van der Waals surface area contributed by atoms with Crippen molar-refractivity contribution >= 4 is 5.88 Å². The number of hydrogen-bond donors (Lipinski definition) is 1. The number of nitrogens with zero attached hydrogens (tertiary/aromatic N) is 2. The first-order valence-corrected chi connectivity index (χ1v) is 7.51. The minimum Gasteiger partial charge on any atom is -0.367 e. The fourth-order valence-electron chi connectivity index (χ4n) is 3.12. The molecule has 3 rings (SSSR count). The summed E-state index contributed by atoms with van der Waals surface area (Å²) in [5, 5.41) is 4.26. The molecule has 1 aliphatic rings. The monoisotopic (exact) mass is 271 g/mol. The van der Waals surface area contributed by atoms with E-state index in [2.05, 4.69) is 10.1 Å². The van der Waals surface area contributed by atoms with E-state index in [1.54, 1.807) is 6.20 Å². The molecule has 0 saturated heterocycles. The molecule has 2 N–H and O–H groups in total. The number of nitrogens with two attached hydrogens (primary N) is 1.